The van der Waals surface area contributed by atoms with E-state index in [-0.39, 0.29) is 5.54 Å². The van der Waals surface area contributed by atoms with Crippen LogP contribution in [0, 0.1) is 11.3 Å². The van der Waals surface area contributed by atoms with Crippen molar-refractivity contribution >= 4 is 0 Å². The maximum atomic E-state index is 8.89. The van der Waals surface area contributed by atoms with Crippen LogP contribution in [0.3, 0.4) is 0 Å². The molecule has 4 nitrogen and oxygen atoms in total. The first kappa shape index (κ1) is 12.2. The summed E-state index contributed by atoms with van der Waals surface area (Å²) in [6, 6.07) is 4.10. The van der Waals surface area contributed by atoms with Crippen molar-refractivity contribution in [3.8, 4) is 6.07 Å². The summed E-state index contributed by atoms with van der Waals surface area (Å²) in [7, 11) is 1.90. The predicted molar refractivity (Wildman–Crippen MR) is 65.4 cm³/mol. The molecule has 1 aliphatic rings. The quantitative estimate of drug-likeness (QED) is 0.862. The van der Waals surface area contributed by atoms with E-state index in [1.165, 1.54) is 0 Å². The highest BCUT2D eigenvalue weighted by molar-refractivity contribution is 5.28. The Hall–Kier alpha value is -1.31. The summed E-state index contributed by atoms with van der Waals surface area (Å²) >= 11 is 0. The molecule has 0 saturated carbocycles. The maximum absolute atomic E-state index is 8.89. The zero-order chi connectivity index (χ0) is 12.3. The van der Waals surface area contributed by atoms with E-state index in [9.17, 15) is 0 Å². The van der Waals surface area contributed by atoms with E-state index >= 15 is 0 Å². The fourth-order valence-electron chi connectivity index (χ4n) is 2.23. The Bertz CT molecular complexity index is 424. The lowest BCUT2D eigenvalue weighted by Crippen LogP contribution is -2.48. The van der Waals surface area contributed by atoms with Gasteiger partial charge in [-0.15, -0.1) is 0 Å². The van der Waals surface area contributed by atoms with E-state index in [2.05, 4.69) is 18.3 Å². The molecule has 0 radical (unpaired) electrons. The van der Waals surface area contributed by atoms with Crippen LogP contribution in [0.5, 0.6) is 0 Å². The minimum Gasteiger partial charge on any atom is -0.380 e. The van der Waals surface area contributed by atoms with Gasteiger partial charge in [-0.3, -0.25) is 0 Å². The van der Waals surface area contributed by atoms with Crippen molar-refractivity contribution in [2.24, 2.45) is 7.05 Å². The third kappa shape index (κ3) is 2.87. The number of hydrogen-bond acceptors (Lipinski definition) is 3. The number of hydrogen-bond donors (Lipinski definition) is 1. The average molecular weight is 233 g/mol. The highest BCUT2D eigenvalue weighted by atomic mass is 16.5. The van der Waals surface area contributed by atoms with Crippen LogP contribution in [-0.2, 0) is 18.3 Å². The van der Waals surface area contributed by atoms with Gasteiger partial charge in [-0.05, 0) is 31.4 Å². The molecular weight excluding hydrogens is 214 g/mol. The summed E-state index contributed by atoms with van der Waals surface area (Å²) in [5, 5.41) is 12.4. The van der Waals surface area contributed by atoms with Crippen molar-refractivity contribution in [3.05, 3.63) is 23.5 Å². The van der Waals surface area contributed by atoms with Gasteiger partial charge >= 0.3 is 0 Å². The number of nitrogens with one attached hydrogen (secondary N) is 1. The summed E-state index contributed by atoms with van der Waals surface area (Å²) in [5.74, 6) is 0. The molecule has 1 atom stereocenters. The van der Waals surface area contributed by atoms with Gasteiger partial charge in [0, 0.05) is 31.9 Å². The van der Waals surface area contributed by atoms with Gasteiger partial charge in [-0.1, -0.05) is 0 Å². The molecule has 0 aliphatic carbocycles. The Labute approximate surface area is 102 Å². The van der Waals surface area contributed by atoms with Crippen molar-refractivity contribution in [2.75, 3.05) is 13.2 Å². The second-order valence-electron chi connectivity index (χ2n) is 5.03. The van der Waals surface area contributed by atoms with Crippen LogP contribution < -0.4 is 5.32 Å². The summed E-state index contributed by atoms with van der Waals surface area (Å²) in [6.07, 6.45) is 4.26. The molecule has 0 aromatic carbocycles. The van der Waals surface area contributed by atoms with Gasteiger partial charge in [0.15, 0.2) is 0 Å². The molecule has 1 saturated heterocycles. The standard InChI is InChI=1S/C13H19N3O/c1-13(4-3-5-17-10-13)15-8-11-6-12(7-14)16(2)9-11/h6,9,15H,3-5,8,10H2,1-2H3. The van der Waals surface area contributed by atoms with Crippen molar-refractivity contribution in [2.45, 2.75) is 31.8 Å². The first-order chi connectivity index (χ1) is 8.13. The lowest BCUT2D eigenvalue weighted by atomic mass is 9.95. The van der Waals surface area contributed by atoms with E-state index in [4.69, 9.17) is 10.00 Å². The lowest BCUT2D eigenvalue weighted by molar-refractivity contribution is 0.0278. The third-order valence-electron chi connectivity index (χ3n) is 3.33. The fraction of sp³-hybridized carbons (Fsp3) is 0.615. The molecule has 2 rings (SSSR count). The van der Waals surface area contributed by atoms with Crippen LogP contribution in [0.4, 0.5) is 0 Å². The monoisotopic (exact) mass is 233 g/mol. The van der Waals surface area contributed by atoms with Crippen molar-refractivity contribution in [1.82, 2.24) is 9.88 Å². The van der Waals surface area contributed by atoms with Crippen molar-refractivity contribution < 1.29 is 4.74 Å². The van der Waals surface area contributed by atoms with Crippen molar-refractivity contribution in [3.63, 3.8) is 0 Å². The van der Waals surface area contributed by atoms with Gasteiger partial charge in [0.05, 0.1) is 6.61 Å². The van der Waals surface area contributed by atoms with Gasteiger partial charge in [-0.25, -0.2) is 0 Å². The highest BCUT2D eigenvalue weighted by Crippen LogP contribution is 2.19. The Balaban J connectivity index is 1.95. The second-order valence-corrected chi connectivity index (χ2v) is 5.03. The van der Waals surface area contributed by atoms with Gasteiger partial charge in [0.25, 0.3) is 0 Å². The van der Waals surface area contributed by atoms with Gasteiger partial charge in [0.1, 0.15) is 11.8 Å². The molecule has 0 spiro atoms. The van der Waals surface area contributed by atoms with Crippen LogP contribution in [0.15, 0.2) is 12.3 Å². The van der Waals surface area contributed by atoms with E-state index in [1.54, 1.807) is 0 Å². The van der Waals surface area contributed by atoms with Gasteiger partial charge in [-0.2, -0.15) is 5.26 Å². The molecule has 1 unspecified atom stereocenters. The maximum Gasteiger partial charge on any atom is 0.120 e. The molecule has 1 fully saturated rings. The number of rotatable bonds is 3. The molecule has 2 heterocycles. The summed E-state index contributed by atoms with van der Waals surface area (Å²) in [4.78, 5) is 0. The number of nitriles is 1. The predicted octanol–water partition coefficient (Wildman–Crippen LogP) is 1.56. The molecule has 1 N–H and O–H groups in total. The molecule has 1 aromatic heterocycles. The van der Waals surface area contributed by atoms with Crippen LogP contribution in [0.2, 0.25) is 0 Å². The van der Waals surface area contributed by atoms with Crippen molar-refractivity contribution in [1.29, 1.82) is 5.26 Å². The zero-order valence-corrected chi connectivity index (χ0v) is 10.5. The molecule has 1 aromatic rings. The second kappa shape index (κ2) is 4.91. The van der Waals surface area contributed by atoms with Crippen LogP contribution in [-0.4, -0.2) is 23.3 Å². The molecule has 92 valence electrons. The van der Waals surface area contributed by atoms with E-state index in [0.29, 0.717) is 5.69 Å². The minimum atomic E-state index is 0.0703. The Kier molecular flexibility index (Phi) is 3.51. The number of aromatic nitrogens is 1. The molecular formula is C13H19N3O. The largest absolute Gasteiger partial charge is 0.380 e. The van der Waals surface area contributed by atoms with E-state index in [1.807, 2.05) is 23.9 Å². The van der Waals surface area contributed by atoms with Gasteiger partial charge < -0.3 is 14.6 Å². The molecule has 0 amide bonds. The molecule has 0 bridgehead atoms. The Morgan fingerprint density at radius 3 is 3.06 bits per heavy atom. The average Bonchev–Trinajstić information content (AvgIpc) is 2.68. The SMILES string of the molecule is Cn1cc(CNC2(C)CCCOC2)cc1C#N. The fourth-order valence-corrected chi connectivity index (χ4v) is 2.23. The Morgan fingerprint density at radius 1 is 1.65 bits per heavy atom. The van der Waals surface area contributed by atoms with E-state index < -0.39 is 0 Å². The number of ether oxygens (including phenoxy) is 1. The lowest BCUT2D eigenvalue weighted by Gasteiger charge is -2.34. The van der Waals surface area contributed by atoms with E-state index in [0.717, 1.165) is 38.2 Å². The number of aryl methyl sites for hydroxylation is 1. The molecule has 4 heteroatoms. The summed E-state index contributed by atoms with van der Waals surface area (Å²) in [5.41, 5.74) is 1.92. The smallest absolute Gasteiger partial charge is 0.120 e. The molecule has 1 aliphatic heterocycles. The third-order valence-corrected chi connectivity index (χ3v) is 3.33. The summed E-state index contributed by atoms with van der Waals surface area (Å²) in [6.45, 7) is 4.63. The molecule has 17 heavy (non-hydrogen) atoms. The Morgan fingerprint density at radius 2 is 2.47 bits per heavy atom. The number of nitrogens with zero attached hydrogens (tertiary/aromatic N) is 2. The first-order valence-corrected chi connectivity index (χ1v) is 6.01. The normalized spacial score (nSPS) is 24.5. The van der Waals surface area contributed by atoms with Crippen LogP contribution in [0.25, 0.3) is 0 Å². The van der Waals surface area contributed by atoms with Crippen LogP contribution >= 0.6 is 0 Å². The summed E-state index contributed by atoms with van der Waals surface area (Å²) < 4.78 is 7.36. The highest BCUT2D eigenvalue weighted by Gasteiger charge is 2.26. The zero-order valence-electron chi connectivity index (χ0n) is 10.5. The first-order valence-electron chi connectivity index (χ1n) is 6.01. The van der Waals surface area contributed by atoms with Crippen LogP contribution in [0.1, 0.15) is 31.0 Å². The topological polar surface area (TPSA) is 50.0 Å². The van der Waals surface area contributed by atoms with Gasteiger partial charge in [0.2, 0.25) is 0 Å². The minimum absolute atomic E-state index is 0.0703.